The summed E-state index contributed by atoms with van der Waals surface area (Å²) < 4.78 is 5.59. The van der Waals surface area contributed by atoms with E-state index in [1.807, 2.05) is 0 Å². The van der Waals surface area contributed by atoms with Crippen molar-refractivity contribution in [3.8, 4) is 5.75 Å². The lowest BCUT2D eigenvalue weighted by Crippen LogP contribution is -2.15. The zero-order chi connectivity index (χ0) is 14.5. The molecule has 2 rings (SSSR count). The fraction of sp³-hybridized carbons (Fsp3) is 0.500. The molecule has 0 aliphatic heterocycles. The molecule has 1 aromatic rings. The molecular formula is C14H17NO5. The molecule has 0 unspecified atom stereocenters. The van der Waals surface area contributed by atoms with Gasteiger partial charge in [0.25, 0.3) is 5.69 Å². The van der Waals surface area contributed by atoms with Gasteiger partial charge in [-0.1, -0.05) is 19.3 Å². The van der Waals surface area contributed by atoms with Gasteiger partial charge in [-0.15, -0.1) is 0 Å². The van der Waals surface area contributed by atoms with E-state index in [4.69, 9.17) is 9.84 Å². The summed E-state index contributed by atoms with van der Waals surface area (Å²) in [5, 5.41) is 19.7. The molecule has 1 fully saturated rings. The van der Waals surface area contributed by atoms with Crippen molar-refractivity contribution >= 4 is 11.7 Å². The first-order valence-electron chi connectivity index (χ1n) is 6.72. The maximum absolute atomic E-state index is 11.0. The molecule has 0 saturated heterocycles. The van der Waals surface area contributed by atoms with E-state index < -0.39 is 16.6 Å². The van der Waals surface area contributed by atoms with Crippen LogP contribution in [-0.2, 0) is 0 Å². The highest BCUT2D eigenvalue weighted by Gasteiger charge is 2.21. The second-order valence-electron chi connectivity index (χ2n) is 5.06. The summed E-state index contributed by atoms with van der Waals surface area (Å²) in [6.45, 7) is 0.539. The summed E-state index contributed by atoms with van der Waals surface area (Å²) in [4.78, 5) is 21.1. The Kier molecular flexibility index (Phi) is 4.55. The predicted octanol–water partition coefficient (Wildman–Crippen LogP) is 3.25. The molecular weight excluding hydrogens is 262 g/mol. The Morgan fingerprint density at radius 3 is 2.65 bits per heavy atom. The third kappa shape index (κ3) is 3.46. The van der Waals surface area contributed by atoms with Gasteiger partial charge in [-0.25, -0.2) is 4.79 Å². The van der Waals surface area contributed by atoms with E-state index in [2.05, 4.69) is 0 Å². The Balaban J connectivity index is 2.06. The standard InChI is InChI=1S/C14H17NO5/c16-14(17)12-8-11(6-7-13(12)15(18)19)20-9-10-4-2-1-3-5-10/h6-8,10H,1-5,9H2,(H,16,17). The zero-order valence-electron chi connectivity index (χ0n) is 11.1. The van der Waals surface area contributed by atoms with Crippen LogP contribution < -0.4 is 4.74 Å². The van der Waals surface area contributed by atoms with Gasteiger partial charge in [0.05, 0.1) is 11.5 Å². The fourth-order valence-corrected chi connectivity index (χ4v) is 2.50. The van der Waals surface area contributed by atoms with Gasteiger partial charge in [-0.2, -0.15) is 0 Å². The topological polar surface area (TPSA) is 89.7 Å². The van der Waals surface area contributed by atoms with E-state index in [-0.39, 0.29) is 5.56 Å². The number of carboxylic acids is 1. The first kappa shape index (κ1) is 14.3. The Bertz CT molecular complexity index is 508. The summed E-state index contributed by atoms with van der Waals surface area (Å²) in [6.07, 6.45) is 5.91. The zero-order valence-corrected chi connectivity index (χ0v) is 11.1. The molecule has 108 valence electrons. The molecule has 1 aliphatic rings. The molecule has 0 amide bonds. The smallest absolute Gasteiger partial charge is 0.342 e. The number of aromatic carboxylic acids is 1. The number of nitro groups is 1. The van der Waals surface area contributed by atoms with Crippen LogP contribution in [0.15, 0.2) is 18.2 Å². The normalized spacial score (nSPS) is 15.8. The van der Waals surface area contributed by atoms with Crippen molar-refractivity contribution in [3.63, 3.8) is 0 Å². The molecule has 0 spiro atoms. The van der Waals surface area contributed by atoms with E-state index in [0.29, 0.717) is 18.3 Å². The van der Waals surface area contributed by atoms with Crippen molar-refractivity contribution in [1.29, 1.82) is 0 Å². The minimum atomic E-state index is -1.32. The van der Waals surface area contributed by atoms with Crippen LogP contribution in [-0.4, -0.2) is 22.6 Å². The van der Waals surface area contributed by atoms with Gasteiger partial charge in [-0.3, -0.25) is 10.1 Å². The quantitative estimate of drug-likeness (QED) is 0.660. The first-order chi connectivity index (χ1) is 9.58. The van der Waals surface area contributed by atoms with Crippen LogP contribution in [0.4, 0.5) is 5.69 Å². The second-order valence-corrected chi connectivity index (χ2v) is 5.06. The minimum absolute atomic E-state index is 0.337. The molecule has 6 nitrogen and oxygen atoms in total. The highest BCUT2D eigenvalue weighted by molar-refractivity contribution is 5.92. The van der Waals surface area contributed by atoms with Gasteiger partial charge in [0.1, 0.15) is 11.3 Å². The van der Waals surface area contributed by atoms with E-state index in [1.165, 1.54) is 37.5 Å². The Hall–Kier alpha value is -2.11. The Labute approximate surface area is 116 Å². The van der Waals surface area contributed by atoms with Crippen molar-refractivity contribution in [2.75, 3.05) is 6.61 Å². The lowest BCUT2D eigenvalue weighted by atomic mass is 9.90. The SMILES string of the molecule is O=C(O)c1cc(OCC2CCCCC2)ccc1[N+](=O)[O-]. The first-order valence-corrected chi connectivity index (χ1v) is 6.72. The van der Waals surface area contributed by atoms with Gasteiger partial charge in [0.15, 0.2) is 0 Å². The van der Waals surface area contributed by atoms with Gasteiger partial charge in [-0.05, 0) is 24.8 Å². The number of nitrogens with zero attached hydrogens (tertiary/aromatic N) is 1. The predicted molar refractivity (Wildman–Crippen MR) is 72.1 cm³/mol. The summed E-state index contributed by atoms with van der Waals surface area (Å²) in [5.41, 5.74) is -0.751. The second kappa shape index (κ2) is 6.36. The van der Waals surface area contributed by atoms with Crippen LogP contribution in [0.25, 0.3) is 0 Å². The van der Waals surface area contributed by atoms with E-state index in [1.54, 1.807) is 0 Å². The average Bonchev–Trinajstić information content (AvgIpc) is 2.45. The molecule has 0 bridgehead atoms. The molecule has 0 atom stereocenters. The maximum Gasteiger partial charge on any atom is 0.342 e. The number of ether oxygens (including phenoxy) is 1. The number of carbonyl (C=O) groups is 1. The molecule has 6 heteroatoms. The highest BCUT2D eigenvalue weighted by atomic mass is 16.6. The maximum atomic E-state index is 11.0. The highest BCUT2D eigenvalue weighted by Crippen LogP contribution is 2.27. The average molecular weight is 279 g/mol. The number of nitro benzene ring substituents is 1. The van der Waals surface area contributed by atoms with Crippen molar-refractivity contribution in [2.45, 2.75) is 32.1 Å². The van der Waals surface area contributed by atoms with Crippen molar-refractivity contribution in [3.05, 3.63) is 33.9 Å². The van der Waals surface area contributed by atoms with Crippen molar-refractivity contribution in [2.24, 2.45) is 5.92 Å². The van der Waals surface area contributed by atoms with E-state index in [0.717, 1.165) is 12.8 Å². The van der Waals surface area contributed by atoms with Gasteiger partial charge >= 0.3 is 5.97 Å². The summed E-state index contributed by atoms with van der Waals surface area (Å²) in [7, 11) is 0. The van der Waals surface area contributed by atoms with Crippen molar-refractivity contribution in [1.82, 2.24) is 0 Å². The number of hydrogen-bond acceptors (Lipinski definition) is 4. The van der Waals surface area contributed by atoms with Crippen LogP contribution >= 0.6 is 0 Å². The third-order valence-corrected chi connectivity index (χ3v) is 3.61. The molecule has 0 heterocycles. The number of benzene rings is 1. The molecule has 1 aromatic carbocycles. The van der Waals surface area contributed by atoms with Gasteiger partial charge < -0.3 is 9.84 Å². The fourth-order valence-electron chi connectivity index (χ4n) is 2.50. The van der Waals surface area contributed by atoms with Crippen LogP contribution in [0.1, 0.15) is 42.5 Å². The van der Waals surface area contributed by atoms with E-state index in [9.17, 15) is 14.9 Å². The number of rotatable bonds is 5. The lowest BCUT2D eigenvalue weighted by molar-refractivity contribution is -0.385. The molecule has 0 radical (unpaired) electrons. The summed E-state index contributed by atoms with van der Waals surface area (Å²) >= 11 is 0. The molecule has 1 N–H and O–H groups in total. The van der Waals surface area contributed by atoms with Gasteiger partial charge in [0, 0.05) is 12.1 Å². The molecule has 1 saturated carbocycles. The third-order valence-electron chi connectivity index (χ3n) is 3.61. The lowest BCUT2D eigenvalue weighted by Gasteiger charge is -2.21. The van der Waals surface area contributed by atoms with Gasteiger partial charge in [0.2, 0.25) is 0 Å². The number of hydrogen-bond donors (Lipinski definition) is 1. The van der Waals surface area contributed by atoms with Crippen LogP contribution in [0.2, 0.25) is 0 Å². The largest absolute Gasteiger partial charge is 0.493 e. The van der Waals surface area contributed by atoms with Crippen LogP contribution in [0.5, 0.6) is 5.75 Å². The van der Waals surface area contributed by atoms with Crippen LogP contribution in [0, 0.1) is 16.0 Å². The minimum Gasteiger partial charge on any atom is -0.493 e. The molecule has 0 aromatic heterocycles. The molecule has 1 aliphatic carbocycles. The summed E-state index contributed by atoms with van der Waals surface area (Å²) in [5.74, 6) is -0.453. The Morgan fingerprint density at radius 1 is 1.35 bits per heavy atom. The summed E-state index contributed by atoms with van der Waals surface area (Å²) in [6, 6.07) is 3.86. The van der Waals surface area contributed by atoms with E-state index >= 15 is 0 Å². The van der Waals surface area contributed by atoms with Crippen molar-refractivity contribution < 1.29 is 19.6 Å². The molecule has 20 heavy (non-hydrogen) atoms. The van der Waals surface area contributed by atoms with Crippen LogP contribution in [0.3, 0.4) is 0 Å². The Morgan fingerprint density at radius 2 is 2.05 bits per heavy atom. The number of carboxylic acid groups (broad SMARTS) is 1. The monoisotopic (exact) mass is 279 g/mol.